The molecule has 0 saturated carbocycles. The fourth-order valence-corrected chi connectivity index (χ4v) is 2.02. The topological polar surface area (TPSA) is 29.5 Å². The molecule has 3 nitrogen and oxygen atoms in total. The SMILES string of the molecule is C#CCCCN1CCC[C@H](C(=O)OC)C1. The highest BCUT2D eigenvalue weighted by Gasteiger charge is 2.25. The van der Waals surface area contributed by atoms with Crippen LogP contribution in [0.4, 0.5) is 0 Å². The summed E-state index contributed by atoms with van der Waals surface area (Å²) in [5.41, 5.74) is 0. The van der Waals surface area contributed by atoms with Crippen molar-refractivity contribution >= 4 is 5.97 Å². The molecule has 0 bridgehead atoms. The third-order valence-corrected chi connectivity index (χ3v) is 2.84. The van der Waals surface area contributed by atoms with Gasteiger partial charge < -0.3 is 9.64 Å². The molecular formula is C12H19NO2. The highest BCUT2D eigenvalue weighted by atomic mass is 16.5. The molecule has 1 saturated heterocycles. The number of rotatable bonds is 4. The van der Waals surface area contributed by atoms with Gasteiger partial charge in [-0.25, -0.2) is 0 Å². The lowest BCUT2D eigenvalue weighted by molar-refractivity contribution is -0.147. The zero-order valence-corrected chi connectivity index (χ0v) is 9.37. The summed E-state index contributed by atoms with van der Waals surface area (Å²) < 4.78 is 4.77. The smallest absolute Gasteiger partial charge is 0.309 e. The standard InChI is InChI=1S/C12H19NO2/c1-3-4-5-8-13-9-6-7-11(10-13)12(14)15-2/h1,11H,4-10H2,2H3/t11-/m0/s1. The summed E-state index contributed by atoms with van der Waals surface area (Å²) in [5, 5.41) is 0. The molecule has 0 aliphatic carbocycles. The fraction of sp³-hybridized carbons (Fsp3) is 0.750. The van der Waals surface area contributed by atoms with Crippen molar-refractivity contribution in [3.63, 3.8) is 0 Å². The average molecular weight is 209 g/mol. The maximum atomic E-state index is 11.4. The molecule has 0 spiro atoms. The van der Waals surface area contributed by atoms with Crippen molar-refractivity contribution in [2.45, 2.75) is 25.7 Å². The summed E-state index contributed by atoms with van der Waals surface area (Å²) in [7, 11) is 1.46. The minimum Gasteiger partial charge on any atom is -0.469 e. The monoisotopic (exact) mass is 209 g/mol. The Morgan fingerprint density at radius 1 is 1.67 bits per heavy atom. The number of hydrogen-bond donors (Lipinski definition) is 0. The van der Waals surface area contributed by atoms with Gasteiger partial charge in [0.15, 0.2) is 0 Å². The van der Waals surface area contributed by atoms with Crippen molar-refractivity contribution in [1.82, 2.24) is 4.90 Å². The number of carbonyl (C=O) groups excluding carboxylic acids is 1. The predicted octanol–water partition coefficient (Wildman–Crippen LogP) is 1.28. The van der Waals surface area contributed by atoms with Crippen molar-refractivity contribution in [2.75, 3.05) is 26.7 Å². The Balaban J connectivity index is 2.29. The number of ether oxygens (including phenoxy) is 1. The number of nitrogens with zero attached hydrogens (tertiary/aromatic N) is 1. The van der Waals surface area contributed by atoms with Crippen molar-refractivity contribution in [2.24, 2.45) is 5.92 Å². The summed E-state index contributed by atoms with van der Waals surface area (Å²) in [4.78, 5) is 13.7. The Kier molecular flexibility index (Phi) is 5.20. The molecule has 15 heavy (non-hydrogen) atoms. The van der Waals surface area contributed by atoms with Crippen molar-refractivity contribution in [3.05, 3.63) is 0 Å². The first-order valence-electron chi connectivity index (χ1n) is 5.51. The van der Waals surface area contributed by atoms with Gasteiger partial charge >= 0.3 is 5.97 Å². The minimum atomic E-state index is -0.0725. The number of piperidine rings is 1. The molecule has 0 radical (unpaired) electrons. The van der Waals surface area contributed by atoms with Gasteiger partial charge in [0.2, 0.25) is 0 Å². The molecule has 3 heteroatoms. The Morgan fingerprint density at radius 2 is 2.47 bits per heavy atom. The number of methoxy groups -OCH3 is 1. The molecule has 1 aliphatic heterocycles. The lowest BCUT2D eigenvalue weighted by Gasteiger charge is -2.30. The Morgan fingerprint density at radius 3 is 3.13 bits per heavy atom. The van der Waals surface area contributed by atoms with Crippen LogP contribution in [0.5, 0.6) is 0 Å². The molecule has 0 aromatic rings. The first kappa shape index (κ1) is 12.1. The lowest BCUT2D eigenvalue weighted by atomic mass is 9.98. The zero-order valence-electron chi connectivity index (χ0n) is 9.37. The molecule has 1 heterocycles. The summed E-state index contributed by atoms with van der Waals surface area (Å²) in [5.74, 6) is 2.63. The van der Waals surface area contributed by atoms with Gasteiger partial charge in [0, 0.05) is 13.0 Å². The highest BCUT2D eigenvalue weighted by molar-refractivity contribution is 5.72. The number of hydrogen-bond acceptors (Lipinski definition) is 3. The molecule has 1 aliphatic rings. The third kappa shape index (κ3) is 3.93. The number of likely N-dealkylation sites (tertiary alicyclic amines) is 1. The Hall–Kier alpha value is -1.01. The summed E-state index contributed by atoms with van der Waals surface area (Å²) in [6.07, 6.45) is 9.07. The predicted molar refractivity (Wildman–Crippen MR) is 59.2 cm³/mol. The Labute approximate surface area is 91.8 Å². The summed E-state index contributed by atoms with van der Waals surface area (Å²) >= 11 is 0. The van der Waals surface area contributed by atoms with E-state index >= 15 is 0 Å². The second-order valence-electron chi connectivity index (χ2n) is 3.97. The van der Waals surface area contributed by atoms with Gasteiger partial charge in [-0.3, -0.25) is 4.79 Å². The normalized spacial score (nSPS) is 22.0. The molecule has 1 atom stereocenters. The molecule has 0 unspecified atom stereocenters. The van der Waals surface area contributed by atoms with Crippen LogP contribution in [0.2, 0.25) is 0 Å². The van der Waals surface area contributed by atoms with Gasteiger partial charge in [0.25, 0.3) is 0 Å². The van der Waals surface area contributed by atoms with E-state index in [1.165, 1.54) is 7.11 Å². The van der Waals surface area contributed by atoms with Gasteiger partial charge in [0.1, 0.15) is 0 Å². The van der Waals surface area contributed by atoms with Crippen LogP contribution in [0.25, 0.3) is 0 Å². The van der Waals surface area contributed by atoms with Crippen molar-refractivity contribution in [1.29, 1.82) is 0 Å². The summed E-state index contributed by atoms with van der Waals surface area (Å²) in [6, 6.07) is 0. The molecule has 1 rings (SSSR count). The molecule has 1 fully saturated rings. The van der Waals surface area contributed by atoms with E-state index in [0.717, 1.165) is 45.3 Å². The van der Waals surface area contributed by atoms with Crippen LogP contribution in [-0.4, -0.2) is 37.6 Å². The largest absolute Gasteiger partial charge is 0.469 e. The molecule has 0 aromatic heterocycles. The molecule has 0 aromatic carbocycles. The van der Waals surface area contributed by atoms with E-state index in [0.29, 0.717) is 0 Å². The highest BCUT2D eigenvalue weighted by Crippen LogP contribution is 2.17. The summed E-state index contributed by atoms with van der Waals surface area (Å²) in [6.45, 7) is 2.91. The van der Waals surface area contributed by atoms with Crippen LogP contribution in [0.15, 0.2) is 0 Å². The van der Waals surface area contributed by atoms with Crippen LogP contribution in [0.1, 0.15) is 25.7 Å². The number of esters is 1. The quantitative estimate of drug-likeness (QED) is 0.397. The first-order valence-corrected chi connectivity index (χ1v) is 5.51. The van der Waals surface area contributed by atoms with Crippen LogP contribution in [-0.2, 0) is 9.53 Å². The van der Waals surface area contributed by atoms with Crippen molar-refractivity contribution < 1.29 is 9.53 Å². The van der Waals surface area contributed by atoms with Gasteiger partial charge in [-0.2, -0.15) is 0 Å². The minimum absolute atomic E-state index is 0.0644. The number of unbranched alkanes of at least 4 members (excludes halogenated alkanes) is 1. The van der Waals surface area contributed by atoms with Crippen LogP contribution in [0, 0.1) is 18.3 Å². The fourth-order valence-electron chi connectivity index (χ4n) is 2.02. The number of terminal acetylenes is 1. The van der Waals surface area contributed by atoms with E-state index < -0.39 is 0 Å². The maximum Gasteiger partial charge on any atom is 0.309 e. The van der Waals surface area contributed by atoms with E-state index in [1.807, 2.05) is 0 Å². The Bertz CT molecular complexity index is 244. The molecule has 0 N–H and O–H groups in total. The van der Waals surface area contributed by atoms with E-state index in [2.05, 4.69) is 10.8 Å². The second kappa shape index (κ2) is 6.47. The van der Waals surface area contributed by atoms with E-state index in [-0.39, 0.29) is 11.9 Å². The number of carbonyl (C=O) groups is 1. The second-order valence-corrected chi connectivity index (χ2v) is 3.97. The molecule has 84 valence electrons. The van der Waals surface area contributed by atoms with Gasteiger partial charge in [-0.05, 0) is 32.4 Å². The maximum absolute atomic E-state index is 11.4. The third-order valence-electron chi connectivity index (χ3n) is 2.84. The lowest BCUT2D eigenvalue weighted by Crippen LogP contribution is -2.39. The van der Waals surface area contributed by atoms with Gasteiger partial charge in [0.05, 0.1) is 13.0 Å². The van der Waals surface area contributed by atoms with Gasteiger partial charge in [-0.1, -0.05) is 0 Å². The first-order chi connectivity index (χ1) is 7.27. The zero-order chi connectivity index (χ0) is 11.1. The molecule has 0 amide bonds. The van der Waals surface area contributed by atoms with Crippen LogP contribution >= 0.6 is 0 Å². The van der Waals surface area contributed by atoms with Crippen LogP contribution < -0.4 is 0 Å². The van der Waals surface area contributed by atoms with Crippen LogP contribution in [0.3, 0.4) is 0 Å². The van der Waals surface area contributed by atoms with E-state index in [4.69, 9.17) is 11.2 Å². The van der Waals surface area contributed by atoms with E-state index in [9.17, 15) is 4.79 Å². The van der Waals surface area contributed by atoms with E-state index in [1.54, 1.807) is 0 Å². The average Bonchev–Trinajstić information content (AvgIpc) is 2.29. The van der Waals surface area contributed by atoms with Gasteiger partial charge in [-0.15, -0.1) is 12.3 Å². The molecular weight excluding hydrogens is 190 g/mol. The van der Waals surface area contributed by atoms with Crippen molar-refractivity contribution in [3.8, 4) is 12.3 Å².